The van der Waals surface area contributed by atoms with Crippen LogP contribution in [0.5, 0.6) is 0 Å². The lowest BCUT2D eigenvalue weighted by atomic mass is 10.4. The Bertz CT molecular complexity index is 271. The van der Waals surface area contributed by atoms with Crippen LogP contribution in [-0.2, 0) is 9.84 Å². The van der Waals surface area contributed by atoms with Gasteiger partial charge in [0.1, 0.15) is 9.84 Å². The van der Waals surface area contributed by atoms with Gasteiger partial charge < -0.3 is 5.32 Å². The van der Waals surface area contributed by atoms with Crippen molar-refractivity contribution in [3.05, 3.63) is 0 Å². The van der Waals surface area contributed by atoms with E-state index in [0.717, 1.165) is 0 Å². The quantitative estimate of drug-likeness (QED) is 0.635. The highest BCUT2D eigenvalue weighted by Crippen LogP contribution is 1.88. The van der Waals surface area contributed by atoms with Crippen molar-refractivity contribution in [1.82, 2.24) is 5.32 Å². The van der Waals surface area contributed by atoms with Crippen LogP contribution in [0.2, 0.25) is 0 Å². The van der Waals surface area contributed by atoms with Crippen LogP contribution in [0.15, 0.2) is 0 Å². The summed E-state index contributed by atoms with van der Waals surface area (Å²) in [6.07, 6.45) is 1.23. The average molecular weight is 189 g/mol. The fourth-order valence-electron chi connectivity index (χ4n) is 0.827. The molecule has 3 nitrogen and oxygen atoms in total. The molecule has 1 atom stereocenters. The summed E-state index contributed by atoms with van der Waals surface area (Å²) in [4.78, 5) is 0. The molecule has 0 aliphatic rings. The number of sulfone groups is 1. The molecular formula is C8H15NO2S. The highest BCUT2D eigenvalue weighted by Gasteiger charge is 2.08. The Labute approximate surface area is 74.5 Å². The van der Waals surface area contributed by atoms with E-state index in [2.05, 4.69) is 17.2 Å². The minimum absolute atomic E-state index is 0.0270. The van der Waals surface area contributed by atoms with Crippen molar-refractivity contribution in [1.29, 1.82) is 0 Å². The van der Waals surface area contributed by atoms with Gasteiger partial charge in [-0.05, 0) is 13.8 Å². The SMILES string of the molecule is CC#CCNC(C)CS(C)(=O)=O. The number of hydrogen-bond acceptors (Lipinski definition) is 3. The lowest BCUT2D eigenvalue weighted by Gasteiger charge is -2.09. The van der Waals surface area contributed by atoms with E-state index in [1.54, 1.807) is 6.92 Å². The monoisotopic (exact) mass is 189 g/mol. The van der Waals surface area contributed by atoms with E-state index in [0.29, 0.717) is 6.54 Å². The van der Waals surface area contributed by atoms with Crippen molar-refractivity contribution >= 4 is 9.84 Å². The maximum absolute atomic E-state index is 10.8. The largest absolute Gasteiger partial charge is 0.303 e. The molecule has 0 amide bonds. The average Bonchev–Trinajstić information content (AvgIpc) is 1.84. The molecule has 0 rings (SSSR count). The molecule has 0 bridgehead atoms. The maximum atomic E-state index is 10.8. The molecule has 0 fully saturated rings. The molecule has 1 unspecified atom stereocenters. The summed E-state index contributed by atoms with van der Waals surface area (Å²) in [7, 11) is -2.87. The van der Waals surface area contributed by atoms with Gasteiger partial charge in [0, 0.05) is 12.3 Å². The summed E-state index contributed by atoms with van der Waals surface area (Å²) in [6, 6.07) is -0.0270. The molecule has 0 aliphatic carbocycles. The van der Waals surface area contributed by atoms with Crippen LogP contribution in [0.3, 0.4) is 0 Å². The number of hydrogen-bond donors (Lipinski definition) is 1. The van der Waals surface area contributed by atoms with Crippen molar-refractivity contribution in [3.8, 4) is 11.8 Å². The molecule has 0 aliphatic heterocycles. The van der Waals surface area contributed by atoms with Crippen molar-refractivity contribution in [2.45, 2.75) is 19.9 Å². The van der Waals surface area contributed by atoms with E-state index < -0.39 is 9.84 Å². The zero-order chi connectivity index (χ0) is 9.61. The first kappa shape index (κ1) is 11.5. The molecule has 0 aromatic carbocycles. The van der Waals surface area contributed by atoms with E-state index in [4.69, 9.17) is 0 Å². The van der Waals surface area contributed by atoms with Crippen molar-refractivity contribution in [3.63, 3.8) is 0 Å². The molecule has 0 saturated heterocycles. The standard InChI is InChI=1S/C8H15NO2S/c1-4-5-6-9-8(2)7-12(3,10)11/h8-9H,6-7H2,1-3H3. The Balaban J connectivity index is 3.73. The molecule has 0 aromatic heterocycles. The lowest BCUT2D eigenvalue weighted by molar-refractivity contribution is 0.578. The summed E-state index contributed by atoms with van der Waals surface area (Å²) in [5.74, 6) is 5.70. The minimum Gasteiger partial charge on any atom is -0.303 e. The number of nitrogens with one attached hydrogen (secondary N) is 1. The van der Waals surface area contributed by atoms with E-state index in [9.17, 15) is 8.42 Å². The fraction of sp³-hybridized carbons (Fsp3) is 0.750. The van der Waals surface area contributed by atoms with Gasteiger partial charge in [0.25, 0.3) is 0 Å². The molecule has 0 heterocycles. The third-order valence-corrected chi connectivity index (χ3v) is 2.37. The van der Waals surface area contributed by atoms with E-state index in [1.165, 1.54) is 6.26 Å². The molecule has 0 radical (unpaired) electrons. The highest BCUT2D eigenvalue weighted by atomic mass is 32.2. The van der Waals surface area contributed by atoms with Gasteiger partial charge in [-0.25, -0.2) is 8.42 Å². The van der Waals surface area contributed by atoms with E-state index >= 15 is 0 Å². The Morgan fingerprint density at radius 1 is 1.50 bits per heavy atom. The second kappa shape index (κ2) is 5.18. The third kappa shape index (κ3) is 7.58. The van der Waals surface area contributed by atoms with Gasteiger partial charge in [0.15, 0.2) is 0 Å². The molecule has 70 valence electrons. The first-order chi connectivity index (χ1) is 5.45. The number of rotatable bonds is 4. The zero-order valence-electron chi connectivity index (χ0n) is 7.72. The second-order valence-electron chi connectivity index (χ2n) is 2.80. The van der Waals surface area contributed by atoms with Gasteiger partial charge in [0.2, 0.25) is 0 Å². The zero-order valence-corrected chi connectivity index (χ0v) is 8.53. The molecule has 12 heavy (non-hydrogen) atoms. The maximum Gasteiger partial charge on any atom is 0.148 e. The first-order valence-corrected chi connectivity index (χ1v) is 5.82. The summed E-state index contributed by atoms with van der Waals surface area (Å²) < 4.78 is 21.6. The Morgan fingerprint density at radius 2 is 2.08 bits per heavy atom. The normalized spacial score (nSPS) is 13.2. The summed E-state index contributed by atoms with van der Waals surface area (Å²) in [5.41, 5.74) is 0. The molecule has 0 spiro atoms. The van der Waals surface area contributed by atoms with Crippen LogP contribution in [-0.4, -0.2) is 33.0 Å². The third-order valence-electron chi connectivity index (χ3n) is 1.27. The van der Waals surface area contributed by atoms with Crippen LogP contribution in [0.25, 0.3) is 0 Å². The molecule has 4 heteroatoms. The Kier molecular flexibility index (Phi) is 4.95. The predicted molar refractivity (Wildman–Crippen MR) is 50.6 cm³/mol. The lowest BCUT2D eigenvalue weighted by Crippen LogP contribution is -2.32. The Hall–Kier alpha value is -0.530. The van der Waals surface area contributed by atoms with Crippen LogP contribution in [0.4, 0.5) is 0 Å². The molecule has 0 saturated carbocycles. The summed E-state index contributed by atoms with van der Waals surface area (Å²) in [5, 5.41) is 2.99. The Morgan fingerprint density at radius 3 is 2.50 bits per heavy atom. The van der Waals surface area contributed by atoms with Crippen LogP contribution >= 0.6 is 0 Å². The molecule has 1 N–H and O–H groups in total. The van der Waals surface area contributed by atoms with Gasteiger partial charge in [-0.2, -0.15) is 0 Å². The smallest absolute Gasteiger partial charge is 0.148 e. The van der Waals surface area contributed by atoms with Crippen molar-refractivity contribution < 1.29 is 8.42 Å². The van der Waals surface area contributed by atoms with E-state index in [1.807, 2.05) is 6.92 Å². The van der Waals surface area contributed by atoms with Gasteiger partial charge in [-0.15, -0.1) is 5.92 Å². The van der Waals surface area contributed by atoms with Crippen molar-refractivity contribution in [2.24, 2.45) is 0 Å². The van der Waals surface area contributed by atoms with Gasteiger partial charge in [-0.3, -0.25) is 0 Å². The molecular weight excluding hydrogens is 174 g/mol. The summed E-state index contributed by atoms with van der Waals surface area (Å²) in [6.45, 7) is 4.13. The predicted octanol–water partition coefficient (Wildman–Crippen LogP) is 0.0324. The fourth-order valence-corrected chi connectivity index (χ4v) is 1.85. The van der Waals surface area contributed by atoms with E-state index in [-0.39, 0.29) is 11.8 Å². The minimum atomic E-state index is -2.87. The first-order valence-electron chi connectivity index (χ1n) is 3.76. The molecule has 0 aromatic rings. The van der Waals surface area contributed by atoms with Gasteiger partial charge in [0.05, 0.1) is 12.3 Å². The topological polar surface area (TPSA) is 46.2 Å². The van der Waals surface area contributed by atoms with Gasteiger partial charge in [-0.1, -0.05) is 5.92 Å². The van der Waals surface area contributed by atoms with Crippen LogP contribution < -0.4 is 5.32 Å². The van der Waals surface area contributed by atoms with Crippen LogP contribution in [0.1, 0.15) is 13.8 Å². The highest BCUT2D eigenvalue weighted by molar-refractivity contribution is 7.90. The van der Waals surface area contributed by atoms with Gasteiger partial charge >= 0.3 is 0 Å². The van der Waals surface area contributed by atoms with Crippen LogP contribution in [0, 0.1) is 11.8 Å². The van der Waals surface area contributed by atoms with Crippen molar-refractivity contribution in [2.75, 3.05) is 18.6 Å². The second-order valence-corrected chi connectivity index (χ2v) is 4.99. The summed E-state index contributed by atoms with van der Waals surface area (Å²) >= 11 is 0.